The SMILES string of the molecule is N#Cc1cc2ccccc2nc1NCCC(F)(F)F. The van der Waals surface area contributed by atoms with Gasteiger partial charge in [-0.15, -0.1) is 0 Å². The first-order chi connectivity index (χ1) is 8.99. The van der Waals surface area contributed by atoms with E-state index in [1.54, 1.807) is 24.3 Å². The smallest absolute Gasteiger partial charge is 0.369 e. The molecular weight excluding hydrogens is 255 g/mol. The summed E-state index contributed by atoms with van der Waals surface area (Å²) in [6.45, 7) is -0.302. The molecule has 0 aliphatic heterocycles. The normalized spacial score (nSPS) is 11.3. The van der Waals surface area contributed by atoms with E-state index in [2.05, 4.69) is 10.3 Å². The van der Waals surface area contributed by atoms with Gasteiger partial charge in [0.15, 0.2) is 0 Å². The lowest BCUT2D eigenvalue weighted by atomic mass is 10.1. The number of nitriles is 1. The summed E-state index contributed by atoms with van der Waals surface area (Å²) in [4.78, 5) is 4.16. The first-order valence-corrected chi connectivity index (χ1v) is 5.60. The second-order valence-corrected chi connectivity index (χ2v) is 3.98. The number of benzene rings is 1. The van der Waals surface area contributed by atoms with Crippen molar-refractivity contribution in [3.05, 3.63) is 35.9 Å². The molecule has 0 fully saturated rings. The Morgan fingerprint density at radius 1 is 1.26 bits per heavy atom. The maximum atomic E-state index is 12.1. The summed E-state index contributed by atoms with van der Waals surface area (Å²) in [5.74, 6) is 0.186. The van der Waals surface area contributed by atoms with Gasteiger partial charge in [-0.05, 0) is 12.1 Å². The highest BCUT2D eigenvalue weighted by Crippen LogP contribution is 2.22. The minimum absolute atomic E-state index is 0.186. The maximum absolute atomic E-state index is 12.1. The van der Waals surface area contributed by atoms with E-state index in [0.29, 0.717) is 5.52 Å². The molecular formula is C13H10F3N3. The highest BCUT2D eigenvalue weighted by Gasteiger charge is 2.26. The number of nitrogens with zero attached hydrogens (tertiary/aromatic N) is 2. The average molecular weight is 265 g/mol. The quantitative estimate of drug-likeness (QED) is 0.924. The Morgan fingerprint density at radius 2 is 2.00 bits per heavy atom. The van der Waals surface area contributed by atoms with Crippen LogP contribution in [0.4, 0.5) is 19.0 Å². The van der Waals surface area contributed by atoms with E-state index in [0.717, 1.165) is 5.39 Å². The number of fused-ring (bicyclic) bond motifs is 1. The third-order valence-electron chi connectivity index (χ3n) is 2.55. The van der Waals surface area contributed by atoms with Crippen molar-refractivity contribution >= 4 is 16.7 Å². The summed E-state index contributed by atoms with van der Waals surface area (Å²) in [6, 6.07) is 10.7. The van der Waals surface area contributed by atoms with Crippen molar-refractivity contribution in [2.75, 3.05) is 11.9 Å². The molecule has 0 radical (unpaired) electrons. The topological polar surface area (TPSA) is 48.7 Å². The van der Waals surface area contributed by atoms with Gasteiger partial charge in [-0.25, -0.2) is 4.98 Å². The fraction of sp³-hybridized carbons (Fsp3) is 0.231. The summed E-state index contributed by atoms with van der Waals surface area (Å²) in [7, 11) is 0. The van der Waals surface area contributed by atoms with Crippen LogP contribution in [0.5, 0.6) is 0 Å². The Balaban J connectivity index is 2.24. The van der Waals surface area contributed by atoms with Crippen LogP contribution in [0.1, 0.15) is 12.0 Å². The van der Waals surface area contributed by atoms with Crippen LogP contribution in [-0.2, 0) is 0 Å². The third-order valence-corrected chi connectivity index (χ3v) is 2.55. The van der Waals surface area contributed by atoms with Crippen LogP contribution < -0.4 is 5.32 Å². The number of aromatic nitrogens is 1. The summed E-state index contributed by atoms with van der Waals surface area (Å²) >= 11 is 0. The summed E-state index contributed by atoms with van der Waals surface area (Å²) in [6.07, 6.45) is -5.19. The number of rotatable bonds is 3. The van der Waals surface area contributed by atoms with Crippen LogP contribution >= 0.6 is 0 Å². The number of halogens is 3. The molecule has 1 aromatic carbocycles. The van der Waals surface area contributed by atoms with Crippen LogP contribution in [0, 0.1) is 11.3 Å². The van der Waals surface area contributed by atoms with Gasteiger partial charge in [-0.1, -0.05) is 18.2 Å². The minimum atomic E-state index is -4.23. The fourth-order valence-corrected chi connectivity index (χ4v) is 1.66. The van der Waals surface area contributed by atoms with Gasteiger partial charge in [-0.2, -0.15) is 18.4 Å². The highest BCUT2D eigenvalue weighted by atomic mass is 19.4. The first kappa shape index (κ1) is 13.1. The van der Waals surface area contributed by atoms with Crippen molar-refractivity contribution < 1.29 is 13.2 Å². The van der Waals surface area contributed by atoms with Gasteiger partial charge in [0.2, 0.25) is 0 Å². The van der Waals surface area contributed by atoms with Crippen LogP contribution in [0.2, 0.25) is 0 Å². The van der Waals surface area contributed by atoms with E-state index >= 15 is 0 Å². The predicted octanol–water partition coefficient (Wildman–Crippen LogP) is 3.47. The third kappa shape index (κ3) is 3.35. The molecule has 19 heavy (non-hydrogen) atoms. The molecule has 3 nitrogen and oxygen atoms in total. The number of hydrogen-bond donors (Lipinski definition) is 1. The zero-order valence-corrected chi connectivity index (χ0v) is 9.83. The van der Waals surface area contributed by atoms with E-state index in [1.807, 2.05) is 12.1 Å². The maximum Gasteiger partial charge on any atom is 0.390 e. The molecule has 1 aromatic heterocycles. The zero-order valence-electron chi connectivity index (χ0n) is 9.83. The molecule has 6 heteroatoms. The number of anilines is 1. The van der Waals surface area contributed by atoms with Crippen molar-refractivity contribution in [3.8, 4) is 6.07 Å². The molecule has 0 amide bonds. The summed E-state index contributed by atoms with van der Waals surface area (Å²) in [5.41, 5.74) is 0.872. The number of nitrogens with one attached hydrogen (secondary N) is 1. The monoisotopic (exact) mass is 265 g/mol. The minimum Gasteiger partial charge on any atom is -0.369 e. The van der Waals surface area contributed by atoms with Crippen molar-refractivity contribution in [3.63, 3.8) is 0 Å². The number of hydrogen-bond acceptors (Lipinski definition) is 3. The average Bonchev–Trinajstić information content (AvgIpc) is 2.36. The van der Waals surface area contributed by atoms with Crippen LogP contribution in [-0.4, -0.2) is 17.7 Å². The molecule has 0 saturated heterocycles. The van der Waals surface area contributed by atoms with Gasteiger partial charge in [0.1, 0.15) is 11.9 Å². The van der Waals surface area contributed by atoms with E-state index in [-0.39, 0.29) is 17.9 Å². The fourth-order valence-electron chi connectivity index (χ4n) is 1.66. The van der Waals surface area contributed by atoms with E-state index in [4.69, 9.17) is 5.26 Å². The summed E-state index contributed by atoms with van der Waals surface area (Å²) in [5, 5.41) is 12.3. The van der Waals surface area contributed by atoms with Crippen molar-refractivity contribution in [1.82, 2.24) is 4.98 Å². The van der Waals surface area contributed by atoms with Gasteiger partial charge in [0.25, 0.3) is 0 Å². The van der Waals surface area contributed by atoms with E-state index in [9.17, 15) is 13.2 Å². The van der Waals surface area contributed by atoms with Crippen LogP contribution in [0.15, 0.2) is 30.3 Å². The Kier molecular flexibility index (Phi) is 3.56. The lowest BCUT2D eigenvalue weighted by Crippen LogP contribution is -2.15. The van der Waals surface area contributed by atoms with Gasteiger partial charge in [0, 0.05) is 11.9 Å². The Bertz CT molecular complexity index is 629. The molecule has 1 N–H and O–H groups in total. The second-order valence-electron chi connectivity index (χ2n) is 3.98. The van der Waals surface area contributed by atoms with E-state index < -0.39 is 12.6 Å². The largest absolute Gasteiger partial charge is 0.390 e. The lowest BCUT2D eigenvalue weighted by Gasteiger charge is -2.10. The Labute approximate surface area is 107 Å². The Hall–Kier alpha value is -2.29. The van der Waals surface area contributed by atoms with Crippen molar-refractivity contribution in [2.45, 2.75) is 12.6 Å². The molecule has 0 atom stereocenters. The molecule has 0 bridgehead atoms. The van der Waals surface area contributed by atoms with Gasteiger partial charge in [0.05, 0.1) is 17.5 Å². The molecule has 0 unspecified atom stereocenters. The molecule has 0 aliphatic rings. The molecule has 2 rings (SSSR count). The second kappa shape index (κ2) is 5.14. The summed E-state index contributed by atoms with van der Waals surface area (Å²) < 4.78 is 36.2. The predicted molar refractivity (Wildman–Crippen MR) is 65.6 cm³/mol. The Morgan fingerprint density at radius 3 is 2.68 bits per heavy atom. The van der Waals surface area contributed by atoms with Crippen molar-refractivity contribution in [2.24, 2.45) is 0 Å². The van der Waals surface area contributed by atoms with Crippen molar-refractivity contribution in [1.29, 1.82) is 5.26 Å². The molecule has 0 spiro atoms. The number of alkyl halides is 3. The van der Waals surface area contributed by atoms with Gasteiger partial charge in [-0.3, -0.25) is 0 Å². The molecule has 0 saturated carbocycles. The standard InChI is InChI=1S/C13H10F3N3/c14-13(15,16)5-6-18-12-10(8-17)7-9-3-1-2-4-11(9)19-12/h1-4,7H,5-6H2,(H,18,19). The van der Waals surface area contributed by atoms with E-state index in [1.165, 1.54) is 0 Å². The zero-order chi connectivity index (χ0) is 13.9. The highest BCUT2D eigenvalue weighted by molar-refractivity contribution is 5.82. The van der Waals surface area contributed by atoms with Gasteiger partial charge < -0.3 is 5.32 Å². The number of para-hydroxylation sites is 1. The molecule has 1 heterocycles. The van der Waals surface area contributed by atoms with Gasteiger partial charge >= 0.3 is 6.18 Å². The van der Waals surface area contributed by atoms with Crippen LogP contribution in [0.3, 0.4) is 0 Å². The molecule has 2 aromatic rings. The molecule has 98 valence electrons. The van der Waals surface area contributed by atoms with Crippen LogP contribution in [0.25, 0.3) is 10.9 Å². The first-order valence-electron chi connectivity index (χ1n) is 5.60. The number of pyridine rings is 1. The lowest BCUT2D eigenvalue weighted by molar-refractivity contribution is -0.131. The molecule has 0 aliphatic carbocycles.